The first-order valence-electron chi connectivity index (χ1n) is 22.2. The van der Waals surface area contributed by atoms with Crippen molar-refractivity contribution in [3.05, 3.63) is 227 Å². The topological polar surface area (TPSA) is 42.8 Å². The Kier molecular flexibility index (Phi) is 8.93. The number of rotatable bonds is 5. The second-order valence-electron chi connectivity index (χ2n) is 17.3. The largest absolute Gasteiger partial charge is 0.456 e. The summed E-state index contributed by atoms with van der Waals surface area (Å²) in [6.07, 6.45) is 2.54. The normalized spacial score (nSPS) is 17.8. The number of furan rings is 1. The fourth-order valence-corrected chi connectivity index (χ4v) is 10.5. The fraction of sp³-hybridized carbons (Fsp3) is 0.119. The number of aromatic nitrogens is 1. The van der Waals surface area contributed by atoms with E-state index in [1.165, 1.54) is 55.2 Å². The number of allylic oxidation sites excluding steroid dienone is 1. The van der Waals surface area contributed by atoms with Crippen molar-refractivity contribution in [3.63, 3.8) is 0 Å². The summed E-state index contributed by atoms with van der Waals surface area (Å²) in [5.41, 5.74) is 18.3. The second kappa shape index (κ2) is 15.1. The van der Waals surface area contributed by atoms with Crippen LogP contribution in [0.15, 0.2) is 208 Å². The zero-order chi connectivity index (χ0) is 42.0. The number of hydrogen-bond donors (Lipinski definition) is 0. The molecular weight excluding hydrogens is 767 g/mol. The van der Waals surface area contributed by atoms with E-state index in [1.807, 2.05) is 0 Å². The lowest BCUT2D eigenvalue weighted by Crippen LogP contribution is -2.13. The molecule has 10 aromatic rings. The molecule has 12 rings (SSSR count). The van der Waals surface area contributed by atoms with Gasteiger partial charge < -0.3 is 8.98 Å². The Bertz CT molecular complexity index is 3510. The molecule has 63 heavy (non-hydrogen) atoms. The van der Waals surface area contributed by atoms with Gasteiger partial charge in [-0.05, 0) is 119 Å². The minimum atomic E-state index is 0.178. The number of aliphatic imine (C=N–C) groups is 2. The minimum Gasteiger partial charge on any atom is -0.456 e. The molecule has 4 nitrogen and oxygen atoms in total. The molecule has 8 aromatic carbocycles. The Morgan fingerprint density at radius 2 is 1.24 bits per heavy atom. The van der Waals surface area contributed by atoms with E-state index in [4.69, 9.17) is 14.4 Å². The van der Waals surface area contributed by atoms with Crippen molar-refractivity contribution in [1.82, 2.24) is 4.57 Å². The Morgan fingerprint density at radius 3 is 2.10 bits per heavy atom. The number of benzene rings is 8. The van der Waals surface area contributed by atoms with E-state index < -0.39 is 0 Å². The van der Waals surface area contributed by atoms with Gasteiger partial charge in [0.1, 0.15) is 11.2 Å². The van der Waals surface area contributed by atoms with E-state index in [-0.39, 0.29) is 11.8 Å². The molecule has 0 N–H and O–H groups in total. The summed E-state index contributed by atoms with van der Waals surface area (Å²) >= 11 is 0. The van der Waals surface area contributed by atoms with E-state index in [2.05, 4.69) is 206 Å². The van der Waals surface area contributed by atoms with Gasteiger partial charge >= 0.3 is 0 Å². The van der Waals surface area contributed by atoms with Gasteiger partial charge in [0.15, 0.2) is 5.84 Å². The van der Waals surface area contributed by atoms with Crippen LogP contribution in [0.1, 0.15) is 71.9 Å². The zero-order valence-electron chi connectivity index (χ0n) is 35.4. The third-order valence-electron chi connectivity index (χ3n) is 13.7. The first-order chi connectivity index (χ1) is 31.1. The molecule has 0 radical (unpaired) electrons. The van der Waals surface area contributed by atoms with Crippen LogP contribution in [0, 0.1) is 0 Å². The number of para-hydroxylation sites is 3. The number of hydrogen-bond acceptors (Lipinski definition) is 3. The molecule has 0 bridgehead atoms. The Labute approximate surface area is 367 Å². The lowest BCUT2D eigenvalue weighted by atomic mass is 9.79. The van der Waals surface area contributed by atoms with Gasteiger partial charge in [0.05, 0.1) is 22.4 Å². The van der Waals surface area contributed by atoms with Crippen molar-refractivity contribution in [2.75, 3.05) is 0 Å². The molecule has 4 heteroatoms. The second-order valence-corrected chi connectivity index (χ2v) is 17.3. The van der Waals surface area contributed by atoms with Crippen molar-refractivity contribution in [2.24, 2.45) is 9.98 Å². The SMILES string of the molecule is C/C1=C(\c2ccc3c(c2)c2ccccc2n3-c2ccccc2)N=C(c2ccc(C3Cc4ccccc4-c4ccccc4C3C)c3oc4ccccc4c23)N=C(c2ccccc2)CC1. The van der Waals surface area contributed by atoms with E-state index >= 15 is 0 Å². The van der Waals surface area contributed by atoms with Crippen LogP contribution >= 0.6 is 0 Å². The predicted molar refractivity (Wildman–Crippen MR) is 263 cm³/mol. The highest BCUT2D eigenvalue weighted by Crippen LogP contribution is 2.48. The number of amidine groups is 1. The van der Waals surface area contributed by atoms with Gasteiger partial charge in [0.2, 0.25) is 0 Å². The van der Waals surface area contributed by atoms with Crippen LogP contribution in [0.2, 0.25) is 0 Å². The van der Waals surface area contributed by atoms with Crippen molar-refractivity contribution in [1.29, 1.82) is 0 Å². The maximum atomic E-state index is 7.04. The van der Waals surface area contributed by atoms with Gasteiger partial charge in [-0.1, -0.05) is 153 Å². The van der Waals surface area contributed by atoms with E-state index in [0.717, 1.165) is 75.0 Å². The van der Waals surface area contributed by atoms with Gasteiger partial charge in [-0.2, -0.15) is 0 Å². The molecule has 2 aromatic heterocycles. The summed E-state index contributed by atoms with van der Waals surface area (Å²) < 4.78 is 9.41. The fourth-order valence-electron chi connectivity index (χ4n) is 10.5. The van der Waals surface area contributed by atoms with Gasteiger partial charge in [-0.3, -0.25) is 0 Å². The lowest BCUT2D eigenvalue weighted by molar-refractivity contribution is 0.568. The van der Waals surface area contributed by atoms with Crippen LogP contribution in [0.25, 0.3) is 66.3 Å². The summed E-state index contributed by atoms with van der Waals surface area (Å²) in [6.45, 7) is 4.64. The highest BCUT2D eigenvalue weighted by atomic mass is 16.3. The van der Waals surface area contributed by atoms with Crippen LogP contribution in [-0.2, 0) is 6.42 Å². The molecule has 0 fully saturated rings. The average Bonchev–Trinajstić information content (AvgIpc) is 3.85. The third kappa shape index (κ3) is 6.20. The molecule has 2 atom stereocenters. The monoisotopic (exact) mass is 811 g/mol. The third-order valence-corrected chi connectivity index (χ3v) is 13.7. The van der Waals surface area contributed by atoms with Gasteiger partial charge in [-0.25, -0.2) is 9.98 Å². The van der Waals surface area contributed by atoms with E-state index in [1.54, 1.807) is 0 Å². The van der Waals surface area contributed by atoms with Crippen LogP contribution in [0.3, 0.4) is 0 Å². The summed E-state index contributed by atoms with van der Waals surface area (Å²) in [5, 5.41) is 4.56. The Hall–Kier alpha value is -7.56. The Balaban J connectivity index is 1.08. The number of fused-ring (bicyclic) bond motifs is 9. The van der Waals surface area contributed by atoms with E-state index in [9.17, 15) is 0 Å². The van der Waals surface area contributed by atoms with Crippen molar-refractivity contribution >= 4 is 61.0 Å². The summed E-state index contributed by atoms with van der Waals surface area (Å²) in [4.78, 5) is 11.3. The van der Waals surface area contributed by atoms with Gasteiger partial charge in [0.25, 0.3) is 0 Å². The molecule has 0 spiro atoms. The van der Waals surface area contributed by atoms with Crippen molar-refractivity contribution in [2.45, 2.75) is 44.9 Å². The molecule has 0 amide bonds. The lowest BCUT2D eigenvalue weighted by Gasteiger charge is -2.24. The first kappa shape index (κ1) is 37.2. The highest BCUT2D eigenvalue weighted by molar-refractivity contribution is 6.23. The van der Waals surface area contributed by atoms with Crippen molar-refractivity contribution < 1.29 is 4.42 Å². The average molecular weight is 812 g/mol. The predicted octanol–water partition coefficient (Wildman–Crippen LogP) is 15.3. The quantitative estimate of drug-likeness (QED) is 0.171. The molecule has 302 valence electrons. The maximum Gasteiger partial charge on any atom is 0.160 e. The molecule has 0 saturated heterocycles. The Morgan fingerprint density at radius 1 is 0.540 bits per heavy atom. The summed E-state index contributed by atoms with van der Waals surface area (Å²) in [5.74, 6) is 1.12. The highest BCUT2D eigenvalue weighted by Gasteiger charge is 2.32. The first-order valence-corrected chi connectivity index (χ1v) is 22.2. The molecule has 1 aliphatic carbocycles. The molecule has 3 heterocycles. The molecule has 2 aliphatic rings. The van der Waals surface area contributed by atoms with E-state index in [0.29, 0.717) is 5.84 Å². The molecule has 2 unspecified atom stereocenters. The minimum absolute atomic E-state index is 0.178. The van der Waals surface area contributed by atoms with Crippen LogP contribution in [0.5, 0.6) is 0 Å². The zero-order valence-corrected chi connectivity index (χ0v) is 35.4. The van der Waals surface area contributed by atoms with Crippen molar-refractivity contribution in [3.8, 4) is 16.8 Å². The van der Waals surface area contributed by atoms with Crippen LogP contribution in [0.4, 0.5) is 0 Å². The van der Waals surface area contributed by atoms with Gasteiger partial charge in [-0.15, -0.1) is 0 Å². The molecule has 1 aliphatic heterocycles. The smallest absolute Gasteiger partial charge is 0.160 e. The summed E-state index contributed by atoms with van der Waals surface area (Å²) in [6, 6.07) is 67.8. The standard InChI is InChI=1S/C59H45N3O/c1-37-29-33-52(39-17-5-3-6-18-39)60-59(61-57(37)41-30-34-54-51(36-41)46-25-13-15-27-53(46)62(54)42-20-7-4-8-21-42)49-32-31-47(58-56(49)48-26-14-16-28-55(48)63-58)50-35-40-19-9-10-23-44(40)45-24-12-11-22-43(45)38(50)2/h3-28,30-32,34,36,38,50H,29,33,35H2,1-2H3/b57-37-,60-52?,61-59?. The van der Waals surface area contributed by atoms with Gasteiger partial charge in [0, 0.05) is 38.4 Å². The van der Waals surface area contributed by atoms with Crippen LogP contribution in [-0.4, -0.2) is 16.1 Å². The summed E-state index contributed by atoms with van der Waals surface area (Å²) in [7, 11) is 0. The number of nitrogens with zero attached hydrogens (tertiary/aromatic N) is 3. The molecular formula is C59H45N3O. The maximum absolute atomic E-state index is 7.04. The van der Waals surface area contributed by atoms with Crippen LogP contribution < -0.4 is 0 Å². The molecule has 0 saturated carbocycles.